The topological polar surface area (TPSA) is 117 Å². The van der Waals surface area contributed by atoms with E-state index in [1.54, 1.807) is 13.8 Å². The summed E-state index contributed by atoms with van der Waals surface area (Å²) in [4.78, 5) is 7.60. The Morgan fingerprint density at radius 3 is 2.44 bits per heavy atom. The van der Waals surface area contributed by atoms with Crippen LogP contribution < -0.4 is 20.9 Å². The zero-order valence-corrected chi connectivity index (χ0v) is 9.30. The number of nitrogens with zero attached hydrogens (tertiary/aromatic N) is 2. The number of aliphatic hydroxyl groups is 1. The maximum Gasteiger partial charge on any atom is 0.248 e. The summed E-state index contributed by atoms with van der Waals surface area (Å²) in [6.07, 6.45) is -0.570. The average molecular weight is 228 g/mol. The summed E-state index contributed by atoms with van der Waals surface area (Å²) < 4.78 is 10.2. The molecule has 7 heteroatoms. The van der Waals surface area contributed by atoms with E-state index in [4.69, 9.17) is 20.9 Å². The van der Waals surface area contributed by atoms with Crippen LogP contribution in [-0.4, -0.2) is 28.0 Å². The molecule has 7 nitrogen and oxygen atoms in total. The lowest BCUT2D eigenvalue weighted by Crippen LogP contribution is -2.17. The molecule has 16 heavy (non-hydrogen) atoms. The molecular weight excluding hydrogens is 212 g/mol. The Morgan fingerprint density at radius 1 is 1.25 bits per heavy atom. The van der Waals surface area contributed by atoms with Gasteiger partial charge in [-0.15, -0.1) is 0 Å². The van der Waals surface area contributed by atoms with Crippen molar-refractivity contribution in [2.24, 2.45) is 0 Å². The number of hydrogen-bond donors (Lipinski definition) is 3. The van der Waals surface area contributed by atoms with E-state index in [1.165, 1.54) is 0 Å². The van der Waals surface area contributed by atoms with E-state index in [2.05, 4.69) is 9.97 Å². The second-order valence-corrected chi connectivity index (χ2v) is 3.02. The first-order valence-corrected chi connectivity index (χ1v) is 4.99. The van der Waals surface area contributed by atoms with Gasteiger partial charge in [0.1, 0.15) is 0 Å². The monoisotopic (exact) mass is 228 g/mol. The van der Waals surface area contributed by atoms with Crippen molar-refractivity contribution < 1.29 is 14.6 Å². The van der Waals surface area contributed by atoms with Crippen molar-refractivity contribution in [2.75, 3.05) is 18.1 Å². The third kappa shape index (κ3) is 2.86. The van der Waals surface area contributed by atoms with Crippen molar-refractivity contribution in [3.05, 3.63) is 0 Å². The zero-order valence-electron chi connectivity index (χ0n) is 9.30. The fraction of sp³-hybridized carbons (Fsp3) is 0.556. The van der Waals surface area contributed by atoms with Gasteiger partial charge in [0, 0.05) is 6.42 Å². The Bertz CT molecular complexity index is 359. The normalized spacial score (nSPS) is 12.2. The predicted octanol–water partition coefficient (Wildman–Crippen LogP) is 0.147. The van der Waals surface area contributed by atoms with Crippen LogP contribution in [0.3, 0.4) is 0 Å². The minimum absolute atomic E-state index is 0.0176. The molecule has 0 fully saturated rings. The molecule has 0 aliphatic heterocycles. The SMILES string of the molecule is CCOc1nc(N)nc(OC(O)CC)c1N. The largest absolute Gasteiger partial charge is 0.476 e. The standard InChI is InChI=1S/C9H16N4O3/c1-3-5(14)16-8-6(10)7(15-4-2)12-9(11)13-8/h5,14H,3-4,10H2,1-2H3,(H2,11,12,13). The molecule has 0 aliphatic carbocycles. The predicted molar refractivity (Wildman–Crippen MR) is 59.0 cm³/mol. The fourth-order valence-corrected chi connectivity index (χ4v) is 0.994. The fourth-order valence-electron chi connectivity index (χ4n) is 0.994. The maximum absolute atomic E-state index is 9.33. The molecule has 0 aromatic carbocycles. The summed E-state index contributed by atoms with van der Waals surface area (Å²) in [5.74, 6) is 0.176. The minimum Gasteiger partial charge on any atom is -0.476 e. The summed E-state index contributed by atoms with van der Waals surface area (Å²) >= 11 is 0. The van der Waals surface area contributed by atoms with Gasteiger partial charge in [0.15, 0.2) is 12.0 Å². The third-order valence-corrected chi connectivity index (χ3v) is 1.77. The van der Waals surface area contributed by atoms with Crippen molar-refractivity contribution in [3.8, 4) is 11.8 Å². The van der Waals surface area contributed by atoms with E-state index in [9.17, 15) is 5.11 Å². The van der Waals surface area contributed by atoms with E-state index in [0.717, 1.165) is 0 Å². The molecule has 1 aromatic rings. The molecule has 0 saturated heterocycles. The Balaban J connectivity index is 2.99. The van der Waals surface area contributed by atoms with Crippen molar-refractivity contribution in [2.45, 2.75) is 26.6 Å². The first-order chi connectivity index (χ1) is 7.58. The third-order valence-electron chi connectivity index (χ3n) is 1.77. The second-order valence-electron chi connectivity index (χ2n) is 3.02. The summed E-state index contributed by atoms with van der Waals surface area (Å²) in [7, 11) is 0. The van der Waals surface area contributed by atoms with Gasteiger partial charge < -0.3 is 26.0 Å². The summed E-state index contributed by atoms with van der Waals surface area (Å²) in [5, 5.41) is 9.33. The van der Waals surface area contributed by atoms with Crippen molar-refractivity contribution in [1.82, 2.24) is 9.97 Å². The molecule has 0 spiro atoms. The van der Waals surface area contributed by atoms with E-state index in [1.807, 2.05) is 0 Å². The number of aromatic nitrogens is 2. The van der Waals surface area contributed by atoms with Gasteiger partial charge in [0.2, 0.25) is 17.7 Å². The second kappa shape index (κ2) is 5.36. The number of anilines is 2. The lowest BCUT2D eigenvalue weighted by Gasteiger charge is -2.14. The van der Waals surface area contributed by atoms with Crippen molar-refractivity contribution >= 4 is 11.6 Å². The van der Waals surface area contributed by atoms with Crippen LogP contribution in [0.2, 0.25) is 0 Å². The molecule has 0 bridgehead atoms. The van der Waals surface area contributed by atoms with Crippen molar-refractivity contribution in [1.29, 1.82) is 0 Å². The molecule has 90 valence electrons. The van der Waals surface area contributed by atoms with Crippen molar-refractivity contribution in [3.63, 3.8) is 0 Å². The number of hydrogen-bond acceptors (Lipinski definition) is 7. The Labute approximate surface area is 93.4 Å². The Kier molecular flexibility index (Phi) is 4.12. The molecule has 1 unspecified atom stereocenters. The van der Waals surface area contributed by atoms with Crippen LogP contribution in [0, 0.1) is 0 Å². The number of aliphatic hydroxyl groups excluding tert-OH is 1. The summed E-state index contributed by atoms with van der Waals surface area (Å²) in [5.41, 5.74) is 11.3. The van der Waals surface area contributed by atoms with Gasteiger partial charge >= 0.3 is 0 Å². The van der Waals surface area contributed by atoms with E-state index in [-0.39, 0.29) is 23.4 Å². The first kappa shape index (κ1) is 12.3. The van der Waals surface area contributed by atoms with Gasteiger partial charge in [-0.2, -0.15) is 9.97 Å². The highest BCUT2D eigenvalue weighted by Crippen LogP contribution is 2.29. The number of rotatable bonds is 5. The molecule has 1 atom stereocenters. The molecule has 5 N–H and O–H groups in total. The summed E-state index contributed by atoms with van der Waals surface area (Å²) in [6.45, 7) is 3.95. The van der Waals surface area contributed by atoms with Crippen LogP contribution in [0.15, 0.2) is 0 Å². The number of nitrogens with two attached hydrogens (primary N) is 2. The van der Waals surface area contributed by atoms with E-state index < -0.39 is 6.29 Å². The highest BCUT2D eigenvalue weighted by atomic mass is 16.6. The van der Waals surface area contributed by atoms with Crippen LogP contribution in [0.4, 0.5) is 11.6 Å². The minimum atomic E-state index is -0.980. The van der Waals surface area contributed by atoms with Crippen LogP contribution >= 0.6 is 0 Å². The molecular formula is C9H16N4O3. The summed E-state index contributed by atoms with van der Waals surface area (Å²) in [6, 6.07) is 0. The van der Waals surface area contributed by atoms with Gasteiger partial charge in [-0.3, -0.25) is 0 Å². The molecule has 0 aliphatic rings. The Hall–Kier alpha value is -1.76. The van der Waals surface area contributed by atoms with E-state index in [0.29, 0.717) is 13.0 Å². The molecule has 1 rings (SSSR count). The molecule has 0 radical (unpaired) electrons. The lowest BCUT2D eigenvalue weighted by molar-refractivity contribution is -0.0218. The van der Waals surface area contributed by atoms with Crippen LogP contribution in [0.5, 0.6) is 11.8 Å². The lowest BCUT2D eigenvalue weighted by atomic mass is 10.4. The van der Waals surface area contributed by atoms with Gasteiger partial charge in [-0.25, -0.2) is 0 Å². The van der Waals surface area contributed by atoms with Crippen LogP contribution in [-0.2, 0) is 0 Å². The van der Waals surface area contributed by atoms with Crippen LogP contribution in [0.1, 0.15) is 20.3 Å². The molecule has 0 saturated carbocycles. The maximum atomic E-state index is 9.33. The molecule has 1 heterocycles. The van der Waals surface area contributed by atoms with Crippen LogP contribution in [0.25, 0.3) is 0 Å². The Morgan fingerprint density at radius 2 is 1.88 bits per heavy atom. The molecule has 0 amide bonds. The van der Waals surface area contributed by atoms with E-state index >= 15 is 0 Å². The first-order valence-electron chi connectivity index (χ1n) is 4.99. The number of nitrogen functional groups attached to an aromatic ring is 2. The van der Waals surface area contributed by atoms with Gasteiger partial charge in [0.05, 0.1) is 6.61 Å². The molecule has 1 aromatic heterocycles. The quantitative estimate of drug-likeness (QED) is 0.614. The van der Waals surface area contributed by atoms with Gasteiger partial charge in [-0.1, -0.05) is 6.92 Å². The average Bonchev–Trinajstić information content (AvgIpc) is 2.25. The number of ether oxygens (including phenoxy) is 2. The zero-order chi connectivity index (χ0) is 12.1. The van der Waals surface area contributed by atoms with Gasteiger partial charge in [-0.05, 0) is 6.92 Å². The van der Waals surface area contributed by atoms with Gasteiger partial charge in [0.25, 0.3) is 0 Å². The highest BCUT2D eigenvalue weighted by molar-refractivity contribution is 5.58. The highest BCUT2D eigenvalue weighted by Gasteiger charge is 2.15. The smallest absolute Gasteiger partial charge is 0.248 e.